The van der Waals surface area contributed by atoms with E-state index in [-0.39, 0.29) is 29.1 Å². The molecule has 1 aromatic heterocycles. The zero-order valence-electron chi connectivity index (χ0n) is 15.6. The molecule has 3 rings (SSSR count). The molecule has 0 fully saturated rings. The van der Waals surface area contributed by atoms with E-state index in [0.717, 1.165) is 11.6 Å². The van der Waals surface area contributed by atoms with E-state index < -0.39 is 17.6 Å². The highest BCUT2D eigenvalue weighted by Gasteiger charge is 2.33. The maximum atomic E-state index is 13.3. The van der Waals surface area contributed by atoms with Gasteiger partial charge in [-0.2, -0.15) is 13.2 Å². The van der Waals surface area contributed by atoms with Crippen LogP contribution in [0.3, 0.4) is 0 Å². The van der Waals surface area contributed by atoms with Crippen molar-refractivity contribution in [3.05, 3.63) is 58.8 Å². The van der Waals surface area contributed by atoms with Gasteiger partial charge in [-0.25, -0.2) is 0 Å². The normalized spacial score (nSPS) is 11.6. The number of benzene rings is 2. The molecule has 0 spiro atoms. The predicted molar refractivity (Wildman–Crippen MR) is 102 cm³/mol. The van der Waals surface area contributed by atoms with Crippen molar-refractivity contribution in [2.75, 3.05) is 12.8 Å². The number of amides is 1. The first-order valence-electron chi connectivity index (χ1n) is 8.80. The fourth-order valence-electron chi connectivity index (χ4n) is 3.23. The molecule has 1 heterocycles. The second-order valence-corrected chi connectivity index (χ2v) is 6.51. The van der Waals surface area contributed by atoms with E-state index in [2.05, 4.69) is 10.2 Å². The van der Waals surface area contributed by atoms with Gasteiger partial charge in [0.1, 0.15) is 5.75 Å². The van der Waals surface area contributed by atoms with Crippen LogP contribution < -0.4 is 16.2 Å². The van der Waals surface area contributed by atoms with Gasteiger partial charge in [-0.15, -0.1) is 10.2 Å². The van der Waals surface area contributed by atoms with Gasteiger partial charge in [0, 0.05) is 5.39 Å². The fraction of sp³-hybridized carbons (Fsp3) is 0.250. The Labute approximate surface area is 164 Å². The Morgan fingerprint density at radius 1 is 1.10 bits per heavy atom. The second kappa shape index (κ2) is 7.94. The van der Waals surface area contributed by atoms with Gasteiger partial charge in [-0.05, 0) is 42.5 Å². The van der Waals surface area contributed by atoms with Crippen molar-refractivity contribution >= 4 is 22.5 Å². The summed E-state index contributed by atoms with van der Waals surface area (Å²) in [5.41, 5.74) is 12.0. The van der Waals surface area contributed by atoms with Gasteiger partial charge in [0.2, 0.25) is 0 Å². The van der Waals surface area contributed by atoms with Crippen molar-refractivity contribution in [2.45, 2.75) is 25.4 Å². The second-order valence-electron chi connectivity index (χ2n) is 6.51. The Morgan fingerprint density at radius 2 is 1.83 bits per heavy atom. The molecular weight excluding hydrogens is 385 g/mol. The lowest BCUT2D eigenvalue weighted by Crippen LogP contribution is -2.17. The summed E-state index contributed by atoms with van der Waals surface area (Å²) in [5.74, 6) is -0.618. The Balaban J connectivity index is 1.84. The highest BCUT2D eigenvalue weighted by atomic mass is 19.4. The Bertz CT molecular complexity index is 1070. The van der Waals surface area contributed by atoms with Gasteiger partial charge in [0.05, 0.1) is 23.9 Å². The van der Waals surface area contributed by atoms with Crippen LogP contribution in [0.25, 0.3) is 10.9 Å². The van der Waals surface area contributed by atoms with Crippen LogP contribution in [0, 0.1) is 0 Å². The summed E-state index contributed by atoms with van der Waals surface area (Å²) in [6.07, 6.45) is -3.33. The third kappa shape index (κ3) is 4.23. The standard InChI is InChI=1S/C20H19F3N4O2/c1-29-13-9-8-11(15(10-13)20(21,22)23)4-2-5-12-6-3-7-14-16(24)18(19(25)28)27-26-17(12)14/h3,6-10H,2,4-5H2,1H3,(H2,24,26)(H2,25,28). The summed E-state index contributed by atoms with van der Waals surface area (Å²) in [4.78, 5) is 11.4. The van der Waals surface area contributed by atoms with Crippen LogP contribution in [0.2, 0.25) is 0 Å². The van der Waals surface area contributed by atoms with Crippen molar-refractivity contribution in [1.29, 1.82) is 0 Å². The Morgan fingerprint density at radius 3 is 2.48 bits per heavy atom. The number of carbonyl (C=O) groups excluding carboxylic acids is 1. The monoisotopic (exact) mass is 404 g/mol. The van der Waals surface area contributed by atoms with Crippen LogP contribution in [-0.2, 0) is 19.0 Å². The van der Waals surface area contributed by atoms with E-state index in [0.29, 0.717) is 23.7 Å². The maximum Gasteiger partial charge on any atom is 0.416 e. The van der Waals surface area contributed by atoms with E-state index in [1.54, 1.807) is 18.2 Å². The molecule has 152 valence electrons. The highest BCUT2D eigenvalue weighted by Crippen LogP contribution is 2.35. The molecule has 0 unspecified atom stereocenters. The summed E-state index contributed by atoms with van der Waals surface area (Å²) < 4.78 is 44.9. The number of nitrogens with zero attached hydrogens (tertiary/aromatic N) is 2. The Kier molecular flexibility index (Phi) is 5.58. The predicted octanol–water partition coefficient (Wildman–Crippen LogP) is 3.51. The first-order valence-corrected chi connectivity index (χ1v) is 8.80. The lowest BCUT2D eigenvalue weighted by molar-refractivity contribution is -0.138. The minimum absolute atomic E-state index is 0.109. The van der Waals surface area contributed by atoms with Crippen molar-refractivity contribution in [2.24, 2.45) is 5.73 Å². The van der Waals surface area contributed by atoms with Crippen molar-refractivity contribution in [3.8, 4) is 5.75 Å². The van der Waals surface area contributed by atoms with Crippen LogP contribution in [0.5, 0.6) is 5.75 Å². The molecule has 0 atom stereocenters. The maximum absolute atomic E-state index is 13.3. The smallest absolute Gasteiger partial charge is 0.416 e. The van der Waals surface area contributed by atoms with Gasteiger partial charge in [0.15, 0.2) is 5.69 Å². The minimum Gasteiger partial charge on any atom is -0.497 e. The summed E-state index contributed by atoms with van der Waals surface area (Å²) in [5, 5.41) is 8.36. The molecule has 0 bridgehead atoms. The number of methoxy groups -OCH3 is 1. The molecule has 0 saturated carbocycles. The third-order valence-corrected chi connectivity index (χ3v) is 4.66. The average Bonchev–Trinajstić information content (AvgIpc) is 2.67. The Hall–Kier alpha value is -3.36. The van der Waals surface area contributed by atoms with Gasteiger partial charge in [0.25, 0.3) is 5.91 Å². The van der Waals surface area contributed by atoms with Gasteiger partial charge < -0.3 is 16.2 Å². The van der Waals surface area contributed by atoms with Crippen molar-refractivity contribution in [1.82, 2.24) is 10.2 Å². The molecule has 0 aliphatic rings. The quantitative estimate of drug-likeness (QED) is 0.654. The number of fused-ring (bicyclic) bond motifs is 1. The number of primary amides is 1. The first kappa shape index (κ1) is 20.4. The SMILES string of the molecule is COc1ccc(CCCc2cccc3c(N)c(C(N)=O)nnc23)c(C(F)(F)F)c1. The number of hydrogen-bond donors (Lipinski definition) is 2. The molecule has 1 amide bonds. The van der Waals surface area contributed by atoms with E-state index >= 15 is 0 Å². The molecule has 6 nitrogen and oxygen atoms in total. The largest absolute Gasteiger partial charge is 0.497 e. The average molecular weight is 404 g/mol. The number of aromatic nitrogens is 2. The molecule has 0 saturated heterocycles. The van der Waals surface area contributed by atoms with Crippen LogP contribution in [0.1, 0.15) is 33.6 Å². The number of rotatable bonds is 6. The number of anilines is 1. The minimum atomic E-state index is -4.46. The summed E-state index contributed by atoms with van der Waals surface area (Å²) in [6.45, 7) is 0. The van der Waals surface area contributed by atoms with Gasteiger partial charge in [-0.3, -0.25) is 4.79 Å². The van der Waals surface area contributed by atoms with Crippen molar-refractivity contribution in [3.63, 3.8) is 0 Å². The van der Waals surface area contributed by atoms with Crippen LogP contribution in [0.15, 0.2) is 36.4 Å². The number of carbonyl (C=O) groups is 1. The van der Waals surface area contributed by atoms with E-state index in [9.17, 15) is 18.0 Å². The summed E-state index contributed by atoms with van der Waals surface area (Å²) >= 11 is 0. The highest BCUT2D eigenvalue weighted by molar-refractivity contribution is 6.04. The molecule has 9 heteroatoms. The van der Waals surface area contributed by atoms with Crippen molar-refractivity contribution < 1.29 is 22.7 Å². The van der Waals surface area contributed by atoms with Crippen LogP contribution in [-0.4, -0.2) is 23.2 Å². The molecular formula is C20H19F3N4O2. The first-order chi connectivity index (χ1) is 13.7. The molecule has 29 heavy (non-hydrogen) atoms. The fourth-order valence-corrected chi connectivity index (χ4v) is 3.23. The van der Waals surface area contributed by atoms with Crippen LogP contribution in [0.4, 0.5) is 18.9 Å². The zero-order valence-corrected chi connectivity index (χ0v) is 15.6. The van der Waals surface area contributed by atoms with E-state index in [4.69, 9.17) is 16.2 Å². The summed E-state index contributed by atoms with van der Waals surface area (Å²) in [6, 6.07) is 9.20. The van der Waals surface area contributed by atoms with E-state index in [1.165, 1.54) is 19.2 Å². The molecule has 3 aromatic rings. The lowest BCUT2D eigenvalue weighted by Gasteiger charge is -2.14. The number of nitrogens with two attached hydrogens (primary N) is 2. The number of aryl methyl sites for hydroxylation is 2. The van der Waals surface area contributed by atoms with Gasteiger partial charge in [-0.1, -0.05) is 24.3 Å². The molecule has 0 radical (unpaired) electrons. The molecule has 2 aromatic carbocycles. The number of nitrogen functional groups attached to an aromatic ring is 1. The molecule has 4 N–H and O–H groups in total. The van der Waals surface area contributed by atoms with Gasteiger partial charge >= 0.3 is 6.18 Å². The number of halogens is 3. The zero-order chi connectivity index (χ0) is 21.2. The van der Waals surface area contributed by atoms with Crippen LogP contribution >= 0.6 is 0 Å². The third-order valence-electron chi connectivity index (χ3n) is 4.66. The molecule has 0 aliphatic heterocycles. The van der Waals surface area contributed by atoms with E-state index in [1.807, 2.05) is 0 Å². The molecule has 0 aliphatic carbocycles. The summed E-state index contributed by atoms with van der Waals surface area (Å²) in [7, 11) is 1.33. The topological polar surface area (TPSA) is 104 Å². The number of ether oxygens (including phenoxy) is 1. The number of alkyl halides is 3. The number of hydrogen-bond acceptors (Lipinski definition) is 5. The lowest BCUT2D eigenvalue weighted by atomic mass is 9.98.